The van der Waals surface area contributed by atoms with Gasteiger partial charge in [-0.15, -0.1) is 22.7 Å². The van der Waals surface area contributed by atoms with Crippen LogP contribution < -0.4 is 10.1 Å². The van der Waals surface area contributed by atoms with Gasteiger partial charge in [0.1, 0.15) is 12.4 Å². The van der Waals surface area contributed by atoms with Crippen molar-refractivity contribution < 1.29 is 9.53 Å². The summed E-state index contributed by atoms with van der Waals surface area (Å²) in [6, 6.07) is 6.07. The van der Waals surface area contributed by atoms with Gasteiger partial charge in [-0.1, -0.05) is 6.07 Å². The van der Waals surface area contributed by atoms with Crippen molar-refractivity contribution in [3.8, 4) is 17.0 Å². The third-order valence-corrected chi connectivity index (χ3v) is 7.01. The quantitative estimate of drug-likeness (QED) is 0.409. The van der Waals surface area contributed by atoms with Crippen LogP contribution in [-0.2, 0) is 13.7 Å². The second kappa shape index (κ2) is 8.64. The number of nitrogens with zero attached hydrogens (tertiary/aromatic N) is 3. The Morgan fingerprint density at radius 1 is 1.13 bits per heavy atom. The first-order chi connectivity index (χ1) is 14.8. The Labute approximate surface area is 189 Å². The van der Waals surface area contributed by atoms with Gasteiger partial charge in [0.25, 0.3) is 5.91 Å². The Hall–Kier alpha value is -2.97. The van der Waals surface area contributed by atoms with Crippen molar-refractivity contribution in [2.75, 3.05) is 5.32 Å². The smallest absolute Gasteiger partial charge is 0.267 e. The molecule has 0 saturated carbocycles. The Bertz CT molecular complexity index is 1250. The number of thiazole rings is 1. The monoisotopic (exact) mass is 452 g/mol. The minimum absolute atomic E-state index is 0.164. The minimum Gasteiger partial charge on any atom is -0.489 e. The highest BCUT2D eigenvalue weighted by Gasteiger charge is 2.15. The molecule has 0 spiro atoms. The number of benzene rings is 1. The fraction of sp³-hybridized carbons (Fsp3) is 0.261. The third-order valence-electron chi connectivity index (χ3n) is 5.27. The van der Waals surface area contributed by atoms with Crippen LogP contribution in [0, 0.1) is 27.7 Å². The maximum Gasteiger partial charge on any atom is 0.267 e. The number of carbonyl (C=O) groups excluding carboxylic acids is 1. The van der Waals surface area contributed by atoms with Crippen LogP contribution in [0.15, 0.2) is 35.2 Å². The summed E-state index contributed by atoms with van der Waals surface area (Å²) < 4.78 is 7.83. The van der Waals surface area contributed by atoms with Crippen LogP contribution >= 0.6 is 22.7 Å². The van der Waals surface area contributed by atoms with Crippen LogP contribution in [0.5, 0.6) is 5.75 Å². The van der Waals surface area contributed by atoms with E-state index in [9.17, 15) is 4.79 Å². The van der Waals surface area contributed by atoms with Gasteiger partial charge in [-0.05, 0) is 61.9 Å². The second-order valence-corrected chi connectivity index (χ2v) is 9.34. The van der Waals surface area contributed by atoms with Gasteiger partial charge in [0, 0.05) is 29.2 Å². The Morgan fingerprint density at radius 3 is 2.68 bits per heavy atom. The first kappa shape index (κ1) is 21.3. The number of rotatable bonds is 6. The topological polar surface area (TPSA) is 69.0 Å². The van der Waals surface area contributed by atoms with Crippen LogP contribution in [0.25, 0.3) is 11.3 Å². The van der Waals surface area contributed by atoms with E-state index in [-0.39, 0.29) is 5.91 Å². The van der Waals surface area contributed by atoms with Gasteiger partial charge in [0.15, 0.2) is 5.13 Å². The highest BCUT2D eigenvalue weighted by molar-refractivity contribution is 7.14. The van der Waals surface area contributed by atoms with Crippen LogP contribution in [0.2, 0.25) is 0 Å². The molecule has 4 aromatic rings. The molecule has 3 heterocycles. The molecule has 1 amide bonds. The minimum atomic E-state index is -0.164. The SMILES string of the molecule is Cc1cc(C)c(C)c(OCc2csc(C(=O)Nc3nc(-c4cnn(C)c4C)cs3)c2)c1. The molecule has 0 saturated heterocycles. The normalized spacial score (nSPS) is 11.0. The maximum atomic E-state index is 12.7. The first-order valence-electron chi connectivity index (χ1n) is 9.85. The molecule has 6 nitrogen and oxygen atoms in total. The zero-order valence-corrected chi connectivity index (χ0v) is 19.8. The number of ether oxygens (including phenoxy) is 1. The van der Waals surface area contributed by atoms with Gasteiger partial charge in [0.05, 0.1) is 16.8 Å². The van der Waals surface area contributed by atoms with E-state index in [1.165, 1.54) is 33.8 Å². The number of amides is 1. The van der Waals surface area contributed by atoms with Gasteiger partial charge < -0.3 is 4.74 Å². The number of aromatic nitrogens is 3. The Morgan fingerprint density at radius 2 is 1.94 bits per heavy atom. The standard InChI is InChI=1S/C23H24N4O2S2/c1-13-6-14(2)15(3)20(7-13)29-10-17-8-21(30-11-17)22(28)26-23-25-19(12-31-23)18-9-24-27(5)16(18)4/h6-9,11-12H,10H2,1-5H3,(H,25,26,28). The Kier molecular flexibility index (Phi) is 5.93. The van der Waals surface area contributed by atoms with Crippen molar-refractivity contribution in [3.63, 3.8) is 0 Å². The lowest BCUT2D eigenvalue weighted by Gasteiger charge is -2.11. The summed E-state index contributed by atoms with van der Waals surface area (Å²) in [6.07, 6.45) is 1.79. The fourth-order valence-electron chi connectivity index (χ4n) is 3.25. The summed E-state index contributed by atoms with van der Waals surface area (Å²) in [5.41, 5.74) is 7.32. The number of thiophene rings is 1. The number of hydrogen-bond donors (Lipinski definition) is 1. The Balaban J connectivity index is 1.40. The summed E-state index contributed by atoms with van der Waals surface area (Å²) in [7, 11) is 1.90. The second-order valence-electron chi connectivity index (χ2n) is 7.57. The average Bonchev–Trinajstić information content (AvgIpc) is 3.45. The molecule has 8 heteroatoms. The van der Waals surface area contributed by atoms with E-state index >= 15 is 0 Å². The molecule has 160 valence electrons. The van der Waals surface area contributed by atoms with Gasteiger partial charge in [-0.2, -0.15) is 5.10 Å². The lowest BCUT2D eigenvalue weighted by Crippen LogP contribution is -2.10. The molecule has 0 aliphatic heterocycles. The van der Waals surface area contributed by atoms with Crippen LogP contribution in [-0.4, -0.2) is 20.7 Å². The molecule has 3 aromatic heterocycles. The number of carbonyl (C=O) groups is 1. The molecular weight excluding hydrogens is 428 g/mol. The van der Waals surface area contributed by atoms with Crippen molar-refractivity contribution in [2.24, 2.45) is 7.05 Å². The lowest BCUT2D eigenvalue weighted by atomic mass is 10.1. The largest absolute Gasteiger partial charge is 0.489 e. The zero-order valence-electron chi connectivity index (χ0n) is 18.1. The van der Waals surface area contributed by atoms with Crippen molar-refractivity contribution in [3.05, 3.63) is 68.0 Å². The van der Waals surface area contributed by atoms with Crippen molar-refractivity contribution in [2.45, 2.75) is 34.3 Å². The highest BCUT2D eigenvalue weighted by Crippen LogP contribution is 2.28. The molecule has 1 aromatic carbocycles. The summed E-state index contributed by atoms with van der Waals surface area (Å²) in [5.74, 6) is 0.721. The summed E-state index contributed by atoms with van der Waals surface area (Å²) in [5, 5.41) is 11.6. The van der Waals surface area contributed by atoms with E-state index in [1.807, 2.05) is 41.5 Å². The number of aryl methyl sites for hydroxylation is 3. The summed E-state index contributed by atoms with van der Waals surface area (Å²) in [4.78, 5) is 17.8. The van der Waals surface area contributed by atoms with E-state index in [1.54, 1.807) is 6.20 Å². The molecule has 0 atom stereocenters. The van der Waals surface area contributed by atoms with Gasteiger partial charge in [-0.25, -0.2) is 4.98 Å². The van der Waals surface area contributed by atoms with Crippen LogP contribution in [0.4, 0.5) is 5.13 Å². The van der Waals surface area contributed by atoms with Crippen LogP contribution in [0.3, 0.4) is 0 Å². The number of hydrogen-bond acceptors (Lipinski definition) is 6. The third kappa shape index (κ3) is 4.55. The van der Waals surface area contributed by atoms with Crippen LogP contribution in [0.1, 0.15) is 37.6 Å². The molecule has 0 bridgehead atoms. The summed E-state index contributed by atoms with van der Waals surface area (Å²) in [6.45, 7) is 8.63. The van der Waals surface area contributed by atoms with E-state index in [0.717, 1.165) is 33.8 Å². The van der Waals surface area contributed by atoms with Gasteiger partial charge >= 0.3 is 0 Å². The molecule has 0 unspecified atom stereocenters. The predicted octanol–water partition coefficient (Wildman–Crippen LogP) is 5.67. The van der Waals surface area contributed by atoms with Crippen molar-refractivity contribution in [1.29, 1.82) is 0 Å². The molecule has 0 aliphatic carbocycles. The van der Waals surface area contributed by atoms with E-state index < -0.39 is 0 Å². The summed E-state index contributed by atoms with van der Waals surface area (Å²) >= 11 is 2.81. The highest BCUT2D eigenvalue weighted by atomic mass is 32.1. The van der Waals surface area contributed by atoms with E-state index in [4.69, 9.17) is 4.74 Å². The first-order valence-corrected chi connectivity index (χ1v) is 11.6. The molecule has 1 N–H and O–H groups in total. The molecule has 31 heavy (non-hydrogen) atoms. The van der Waals surface area contributed by atoms with Gasteiger partial charge in [0.2, 0.25) is 0 Å². The molecule has 4 rings (SSSR count). The lowest BCUT2D eigenvalue weighted by molar-refractivity contribution is 0.103. The molecule has 0 radical (unpaired) electrons. The van der Waals surface area contributed by atoms with Gasteiger partial charge in [-0.3, -0.25) is 14.8 Å². The fourth-order valence-corrected chi connectivity index (χ4v) is 4.74. The van der Waals surface area contributed by atoms with E-state index in [0.29, 0.717) is 16.6 Å². The molecule has 0 fully saturated rings. The maximum absolute atomic E-state index is 12.7. The average molecular weight is 453 g/mol. The van der Waals surface area contributed by atoms with Crippen molar-refractivity contribution >= 4 is 33.7 Å². The zero-order chi connectivity index (χ0) is 22.1. The van der Waals surface area contributed by atoms with Crippen molar-refractivity contribution in [1.82, 2.24) is 14.8 Å². The predicted molar refractivity (Wildman–Crippen MR) is 126 cm³/mol. The van der Waals surface area contributed by atoms with E-state index in [2.05, 4.69) is 42.2 Å². The number of nitrogens with one attached hydrogen (secondary N) is 1. The molecular formula is C23H24N4O2S2. The number of anilines is 1. The molecule has 0 aliphatic rings.